The summed E-state index contributed by atoms with van der Waals surface area (Å²) in [6, 6.07) is 0.173. The maximum Gasteiger partial charge on any atom is 0.147 e. The monoisotopic (exact) mass is 222 g/mol. The van der Waals surface area contributed by atoms with Crippen LogP contribution < -0.4 is 10.6 Å². The first-order valence-corrected chi connectivity index (χ1v) is 5.74. The Morgan fingerprint density at radius 1 is 1.06 bits per heavy atom. The van der Waals surface area contributed by atoms with Gasteiger partial charge in [-0.1, -0.05) is 13.8 Å². The molecule has 0 radical (unpaired) electrons. The average Bonchev–Trinajstić information content (AvgIpc) is 2.26. The third-order valence-corrected chi connectivity index (χ3v) is 2.79. The van der Waals surface area contributed by atoms with Crippen LogP contribution in [0.3, 0.4) is 0 Å². The van der Waals surface area contributed by atoms with Gasteiger partial charge in [-0.2, -0.15) is 0 Å². The Morgan fingerprint density at radius 2 is 1.69 bits per heavy atom. The van der Waals surface area contributed by atoms with Crippen LogP contribution in [0, 0.1) is 6.92 Å². The van der Waals surface area contributed by atoms with Gasteiger partial charge in [-0.25, -0.2) is 9.97 Å². The van der Waals surface area contributed by atoms with Crippen LogP contribution in [0.15, 0.2) is 0 Å². The van der Waals surface area contributed by atoms with Gasteiger partial charge in [-0.15, -0.1) is 0 Å². The van der Waals surface area contributed by atoms with E-state index in [2.05, 4.69) is 41.4 Å². The summed E-state index contributed by atoms with van der Waals surface area (Å²) in [4.78, 5) is 9.12. The van der Waals surface area contributed by atoms with E-state index >= 15 is 0 Å². The van der Waals surface area contributed by atoms with Crippen molar-refractivity contribution < 1.29 is 0 Å². The maximum absolute atomic E-state index is 4.56. The van der Waals surface area contributed by atoms with Crippen molar-refractivity contribution in [2.45, 2.75) is 39.7 Å². The van der Waals surface area contributed by atoms with Gasteiger partial charge in [0.25, 0.3) is 0 Å². The summed E-state index contributed by atoms with van der Waals surface area (Å²) in [6.45, 7) is 8.43. The van der Waals surface area contributed by atoms with Crippen molar-refractivity contribution in [1.82, 2.24) is 15.3 Å². The maximum atomic E-state index is 4.56. The Labute approximate surface area is 97.9 Å². The van der Waals surface area contributed by atoms with Gasteiger partial charge in [-0.3, -0.25) is 0 Å². The molecule has 16 heavy (non-hydrogen) atoms. The lowest BCUT2D eigenvalue weighted by atomic mass is 10.0. The van der Waals surface area contributed by atoms with Crippen molar-refractivity contribution in [3.05, 3.63) is 17.1 Å². The topological polar surface area (TPSA) is 49.8 Å². The van der Waals surface area contributed by atoms with E-state index in [1.807, 2.05) is 21.0 Å². The lowest BCUT2D eigenvalue weighted by Gasteiger charge is -2.17. The summed E-state index contributed by atoms with van der Waals surface area (Å²) in [5.41, 5.74) is 2.26. The minimum absolute atomic E-state index is 0.173. The second-order valence-corrected chi connectivity index (χ2v) is 4.34. The van der Waals surface area contributed by atoms with Crippen molar-refractivity contribution in [3.8, 4) is 0 Å². The normalized spacial score (nSPS) is 12.9. The van der Waals surface area contributed by atoms with E-state index in [1.165, 1.54) is 5.56 Å². The van der Waals surface area contributed by atoms with E-state index in [1.54, 1.807) is 0 Å². The third-order valence-electron chi connectivity index (χ3n) is 2.79. The highest BCUT2D eigenvalue weighted by Gasteiger charge is 2.15. The van der Waals surface area contributed by atoms with Crippen molar-refractivity contribution in [3.63, 3.8) is 0 Å². The molecule has 0 saturated carbocycles. The smallest absolute Gasteiger partial charge is 0.147 e. The molecule has 0 amide bonds. The Kier molecular flexibility index (Phi) is 4.24. The van der Waals surface area contributed by atoms with Crippen LogP contribution in [0.4, 0.5) is 5.82 Å². The molecule has 1 atom stereocenters. The van der Waals surface area contributed by atoms with Gasteiger partial charge in [-0.05, 0) is 26.8 Å². The zero-order valence-electron chi connectivity index (χ0n) is 11.0. The van der Waals surface area contributed by atoms with E-state index < -0.39 is 0 Å². The molecule has 90 valence electrons. The van der Waals surface area contributed by atoms with Crippen molar-refractivity contribution in [1.29, 1.82) is 0 Å². The van der Waals surface area contributed by atoms with Crippen LogP contribution >= 0.6 is 0 Å². The molecule has 0 aliphatic rings. The first-order chi connectivity index (χ1) is 7.51. The molecular formula is C12H22N4. The second-order valence-electron chi connectivity index (χ2n) is 4.34. The van der Waals surface area contributed by atoms with E-state index in [0.29, 0.717) is 5.92 Å². The Hall–Kier alpha value is -1.16. The Morgan fingerprint density at radius 3 is 2.12 bits per heavy atom. The number of aromatic nitrogens is 2. The van der Waals surface area contributed by atoms with Crippen LogP contribution in [0.5, 0.6) is 0 Å². The minimum atomic E-state index is 0.173. The first-order valence-electron chi connectivity index (χ1n) is 5.74. The van der Waals surface area contributed by atoms with Crippen molar-refractivity contribution in [2.75, 3.05) is 19.4 Å². The second kappa shape index (κ2) is 5.25. The standard InChI is InChI=1S/C12H22N4/c1-7(2)10-8(3)15-11(9(4)13-5)16-12(10)14-6/h7,9,13H,1-6H3,(H,14,15,16). The van der Waals surface area contributed by atoms with Gasteiger partial charge < -0.3 is 10.6 Å². The molecule has 4 nitrogen and oxygen atoms in total. The van der Waals surface area contributed by atoms with Gasteiger partial charge in [0.15, 0.2) is 0 Å². The summed E-state index contributed by atoms with van der Waals surface area (Å²) >= 11 is 0. The molecule has 4 heteroatoms. The van der Waals surface area contributed by atoms with Gasteiger partial charge in [0.05, 0.1) is 6.04 Å². The number of nitrogens with one attached hydrogen (secondary N) is 2. The summed E-state index contributed by atoms with van der Waals surface area (Å²) < 4.78 is 0. The summed E-state index contributed by atoms with van der Waals surface area (Å²) in [7, 11) is 3.82. The van der Waals surface area contributed by atoms with E-state index in [9.17, 15) is 0 Å². The highest BCUT2D eigenvalue weighted by molar-refractivity contribution is 5.48. The van der Waals surface area contributed by atoms with Gasteiger partial charge in [0, 0.05) is 18.3 Å². The van der Waals surface area contributed by atoms with Crippen LogP contribution in [0.2, 0.25) is 0 Å². The lowest BCUT2D eigenvalue weighted by molar-refractivity contribution is 0.605. The van der Waals surface area contributed by atoms with Gasteiger partial charge in [0.2, 0.25) is 0 Å². The van der Waals surface area contributed by atoms with Gasteiger partial charge >= 0.3 is 0 Å². The molecular weight excluding hydrogens is 200 g/mol. The molecule has 1 unspecified atom stereocenters. The predicted molar refractivity (Wildman–Crippen MR) is 67.9 cm³/mol. The van der Waals surface area contributed by atoms with Crippen molar-refractivity contribution >= 4 is 5.82 Å². The molecule has 1 heterocycles. The molecule has 2 N–H and O–H groups in total. The fourth-order valence-electron chi connectivity index (χ4n) is 1.81. The highest BCUT2D eigenvalue weighted by Crippen LogP contribution is 2.25. The largest absolute Gasteiger partial charge is 0.373 e. The van der Waals surface area contributed by atoms with E-state index in [-0.39, 0.29) is 6.04 Å². The molecule has 0 fully saturated rings. The fourth-order valence-corrected chi connectivity index (χ4v) is 1.81. The molecule has 0 aliphatic carbocycles. The zero-order chi connectivity index (χ0) is 12.3. The predicted octanol–water partition coefficient (Wildman–Crippen LogP) is 2.23. The summed E-state index contributed by atoms with van der Waals surface area (Å²) in [5, 5.41) is 6.31. The first kappa shape index (κ1) is 12.9. The lowest BCUT2D eigenvalue weighted by Crippen LogP contribution is -2.18. The number of anilines is 1. The van der Waals surface area contributed by atoms with Crippen LogP contribution in [-0.2, 0) is 0 Å². The molecule has 1 aromatic rings. The average molecular weight is 222 g/mol. The SMILES string of the molecule is CNc1nc(C(C)NC)nc(C)c1C(C)C. The molecule has 1 rings (SSSR count). The fraction of sp³-hybridized carbons (Fsp3) is 0.667. The molecule has 1 aromatic heterocycles. The summed E-state index contributed by atoms with van der Waals surface area (Å²) in [6.07, 6.45) is 0. The molecule has 0 saturated heterocycles. The molecule has 0 bridgehead atoms. The Bertz CT molecular complexity index is 360. The zero-order valence-corrected chi connectivity index (χ0v) is 11.0. The number of hydrogen-bond donors (Lipinski definition) is 2. The molecule has 0 aromatic carbocycles. The number of hydrogen-bond acceptors (Lipinski definition) is 4. The highest BCUT2D eigenvalue weighted by atomic mass is 15.1. The van der Waals surface area contributed by atoms with Crippen molar-refractivity contribution in [2.24, 2.45) is 0 Å². The summed E-state index contributed by atoms with van der Waals surface area (Å²) in [5.74, 6) is 2.22. The quantitative estimate of drug-likeness (QED) is 0.820. The molecule has 0 spiro atoms. The third kappa shape index (κ3) is 2.50. The number of nitrogens with zero attached hydrogens (tertiary/aromatic N) is 2. The molecule has 0 aliphatic heterocycles. The van der Waals surface area contributed by atoms with E-state index in [0.717, 1.165) is 17.3 Å². The number of rotatable bonds is 4. The van der Waals surface area contributed by atoms with Crippen LogP contribution in [0.1, 0.15) is 49.8 Å². The van der Waals surface area contributed by atoms with E-state index in [4.69, 9.17) is 0 Å². The Balaban J connectivity index is 3.26. The number of aryl methyl sites for hydroxylation is 1. The minimum Gasteiger partial charge on any atom is -0.373 e. The van der Waals surface area contributed by atoms with Crippen LogP contribution in [-0.4, -0.2) is 24.1 Å². The van der Waals surface area contributed by atoms with Gasteiger partial charge in [0.1, 0.15) is 11.6 Å². The van der Waals surface area contributed by atoms with Crippen LogP contribution in [0.25, 0.3) is 0 Å².